The Morgan fingerprint density at radius 2 is 2.18 bits per heavy atom. The second-order valence-electron chi connectivity index (χ2n) is 5.11. The lowest BCUT2D eigenvalue weighted by molar-refractivity contribution is -0.147. The van der Waals surface area contributed by atoms with Crippen LogP contribution in [-0.4, -0.2) is 42.4 Å². The predicted molar refractivity (Wildman–Crippen MR) is 63.6 cm³/mol. The Morgan fingerprint density at radius 1 is 1.41 bits per heavy atom. The molecule has 0 aromatic rings. The van der Waals surface area contributed by atoms with E-state index in [0.717, 1.165) is 38.6 Å². The molecule has 0 bridgehead atoms. The average Bonchev–Trinajstić information content (AvgIpc) is 2.94. The van der Waals surface area contributed by atoms with E-state index < -0.39 is 0 Å². The number of likely N-dealkylation sites (tertiary alicyclic amines) is 1. The first-order valence-corrected chi connectivity index (χ1v) is 6.51. The van der Waals surface area contributed by atoms with Crippen molar-refractivity contribution < 1.29 is 14.3 Å². The number of ketones is 1. The predicted octanol–water partition coefficient (Wildman–Crippen LogP) is 1.38. The van der Waals surface area contributed by atoms with Crippen LogP contribution in [0, 0.1) is 5.92 Å². The summed E-state index contributed by atoms with van der Waals surface area (Å²) in [7, 11) is 1.42. The molecule has 96 valence electrons. The van der Waals surface area contributed by atoms with Crippen LogP contribution < -0.4 is 0 Å². The Hall–Kier alpha value is -0.900. The SMILES string of the molecule is COC(=O)C(C)N1CCCC1C1CCCC1=O. The summed E-state index contributed by atoms with van der Waals surface area (Å²) in [6, 6.07) is 0.0417. The van der Waals surface area contributed by atoms with E-state index in [9.17, 15) is 9.59 Å². The number of methoxy groups -OCH3 is 1. The maximum absolute atomic E-state index is 11.8. The summed E-state index contributed by atoms with van der Waals surface area (Å²) >= 11 is 0. The van der Waals surface area contributed by atoms with E-state index in [1.165, 1.54) is 7.11 Å². The highest BCUT2D eigenvalue weighted by Gasteiger charge is 2.41. The third kappa shape index (κ3) is 2.37. The zero-order valence-electron chi connectivity index (χ0n) is 10.6. The number of nitrogens with zero attached hydrogens (tertiary/aromatic N) is 1. The van der Waals surface area contributed by atoms with Gasteiger partial charge in [-0.25, -0.2) is 0 Å². The first-order chi connectivity index (χ1) is 8.15. The lowest BCUT2D eigenvalue weighted by atomic mass is 9.94. The van der Waals surface area contributed by atoms with E-state index in [1.54, 1.807) is 0 Å². The van der Waals surface area contributed by atoms with Crippen molar-refractivity contribution in [2.45, 2.75) is 51.1 Å². The Labute approximate surface area is 102 Å². The maximum atomic E-state index is 11.8. The fourth-order valence-corrected chi connectivity index (χ4v) is 3.28. The molecule has 4 heteroatoms. The quantitative estimate of drug-likeness (QED) is 0.698. The third-order valence-electron chi connectivity index (χ3n) is 4.20. The molecule has 4 nitrogen and oxygen atoms in total. The number of esters is 1. The van der Waals surface area contributed by atoms with Gasteiger partial charge < -0.3 is 4.74 Å². The van der Waals surface area contributed by atoms with Crippen LogP contribution in [0.1, 0.15) is 39.0 Å². The number of carbonyl (C=O) groups is 2. The molecule has 17 heavy (non-hydrogen) atoms. The van der Waals surface area contributed by atoms with Gasteiger partial charge in [-0.2, -0.15) is 0 Å². The van der Waals surface area contributed by atoms with Crippen molar-refractivity contribution in [2.75, 3.05) is 13.7 Å². The molecule has 1 aliphatic carbocycles. The summed E-state index contributed by atoms with van der Waals surface area (Å²) in [6.45, 7) is 2.79. The van der Waals surface area contributed by atoms with Gasteiger partial charge in [0.2, 0.25) is 0 Å². The second-order valence-corrected chi connectivity index (χ2v) is 5.11. The molecule has 2 rings (SSSR count). The van der Waals surface area contributed by atoms with Crippen molar-refractivity contribution in [3.05, 3.63) is 0 Å². The standard InChI is InChI=1S/C13H21NO3/c1-9(13(16)17-2)14-8-4-6-11(14)10-5-3-7-12(10)15/h9-11H,3-8H2,1-2H3. The Kier molecular flexibility index (Phi) is 3.82. The molecule has 0 N–H and O–H groups in total. The molecule has 0 radical (unpaired) electrons. The average molecular weight is 239 g/mol. The van der Waals surface area contributed by atoms with Crippen LogP contribution in [0.25, 0.3) is 0 Å². The van der Waals surface area contributed by atoms with E-state index >= 15 is 0 Å². The molecule has 0 spiro atoms. The molecule has 1 heterocycles. The summed E-state index contributed by atoms with van der Waals surface area (Å²) in [5.41, 5.74) is 0. The zero-order valence-corrected chi connectivity index (χ0v) is 10.6. The monoisotopic (exact) mass is 239 g/mol. The molecule has 0 aromatic carbocycles. The van der Waals surface area contributed by atoms with Crippen LogP contribution >= 0.6 is 0 Å². The van der Waals surface area contributed by atoms with E-state index in [2.05, 4.69) is 4.90 Å². The zero-order chi connectivity index (χ0) is 12.4. The van der Waals surface area contributed by atoms with Crippen LogP contribution in [0.5, 0.6) is 0 Å². The van der Waals surface area contributed by atoms with Gasteiger partial charge in [0.1, 0.15) is 11.8 Å². The lowest BCUT2D eigenvalue weighted by Crippen LogP contribution is -2.46. The highest BCUT2D eigenvalue weighted by molar-refractivity contribution is 5.83. The molecule has 1 saturated heterocycles. The molecular weight excluding hydrogens is 218 g/mol. The highest BCUT2D eigenvalue weighted by atomic mass is 16.5. The number of hydrogen-bond donors (Lipinski definition) is 0. The maximum Gasteiger partial charge on any atom is 0.322 e. The summed E-state index contributed by atoms with van der Waals surface area (Å²) in [4.78, 5) is 25.6. The Morgan fingerprint density at radius 3 is 2.76 bits per heavy atom. The summed E-state index contributed by atoms with van der Waals surface area (Å²) < 4.78 is 4.80. The molecule has 2 aliphatic rings. The molecule has 3 unspecified atom stereocenters. The van der Waals surface area contributed by atoms with Gasteiger partial charge in [0.15, 0.2) is 0 Å². The first-order valence-electron chi connectivity index (χ1n) is 6.51. The number of Topliss-reactive ketones (excluding diaryl/α,β-unsaturated/α-hetero) is 1. The van der Waals surface area contributed by atoms with Crippen molar-refractivity contribution in [3.63, 3.8) is 0 Å². The van der Waals surface area contributed by atoms with Crippen molar-refractivity contribution in [2.24, 2.45) is 5.92 Å². The van der Waals surface area contributed by atoms with Gasteiger partial charge in [-0.3, -0.25) is 14.5 Å². The molecule has 0 amide bonds. The number of hydrogen-bond acceptors (Lipinski definition) is 4. The van der Waals surface area contributed by atoms with Gasteiger partial charge in [-0.1, -0.05) is 0 Å². The van der Waals surface area contributed by atoms with Gasteiger partial charge in [-0.05, 0) is 39.2 Å². The van der Waals surface area contributed by atoms with Crippen LogP contribution in [-0.2, 0) is 14.3 Å². The van der Waals surface area contributed by atoms with Gasteiger partial charge in [0.05, 0.1) is 7.11 Å². The van der Waals surface area contributed by atoms with Crippen molar-refractivity contribution in [1.82, 2.24) is 4.90 Å². The summed E-state index contributed by atoms with van der Waals surface area (Å²) in [5.74, 6) is 0.353. The molecule has 0 aromatic heterocycles. The Bertz CT molecular complexity index is 316. The molecule has 1 saturated carbocycles. The Balaban J connectivity index is 2.06. The van der Waals surface area contributed by atoms with Gasteiger partial charge in [-0.15, -0.1) is 0 Å². The number of carbonyl (C=O) groups excluding carboxylic acids is 2. The third-order valence-corrected chi connectivity index (χ3v) is 4.20. The normalized spacial score (nSPS) is 31.8. The fourth-order valence-electron chi connectivity index (χ4n) is 3.28. The minimum absolute atomic E-state index is 0.157. The van der Waals surface area contributed by atoms with Crippen LogP contribution in [0.4, 0.5) is 0 Å². The van der Waals surface area contributed by atoms with Crippen molar-refractivity contribution in [1.29, 1.82) is 0 Å². The summed E-state index contributed by atoms with van der Waals surface area (Å²) in [6.07, 6.45) is 4.85. The first kappa shape index (κ1) is 12.6. The number of rotatable bonds is 3. The molecule has 1 aliphatic heterocycles. The van der Waals surface area contributed by atoms with E-state index in [0.29, 0.717) is 5.78 Å². The highest BCUT2D eigenvalue weighted by Crippen LogP contribution is 2.34. The largest absolute Gasteiger partial charge is 0.468 e. The second kappa shape index (κ2) is 5.17. The van der Waals surface area contributed by atoms with E-state index in [4.69, 9.17) is 4.74 Å². The molecule has 2 fully saturated rings. The smallest absolute Gasteiger partial charge is 0.322 e. The van der Waals surface area contributed by atoms with Crippen LogP contribution in [0.15, 0.2) is 0 Å². The number of ether oxygens (including phenoxy) is 1. The van der Waals surface area contributed by atoms with Gasteiger partial charge in [0.25, 0.3) is 0 Å². The topological polar surface area (TPSA) is 46.6 Å². The molecular formula is C13H21NO3. The summed E-state index contributed by atoms with van der Waals surface area (Å²) in [5, 5.41) is 0. The van der Waals surface area contributed by atoms with Crippen LogP contribution in [0.3, 0.4) is 0 Å². The van der Waals surface area contributed by atoms with Crippen molar-refractivity contribution >= 4 is 11.8 Å². The van der Waals surface area contributed by atoms with E-state index in [-0.39, 0.29) is 24.0 Å². The fraction of sp³-hybridized carbons (Fsp3) is 0.846. The van der Waals surface area contributed by atoms with Gasteiger partial charge >= 0.3 is 5.97 Å². The lowest BCUT2D eigenvalue weighted by Gasteiger charge is -2.32. The van der Waals surface area contributed by atoms with Crippen LogP contribution in [0.2, 0.25) is 0 Å². The minimum atomic E-state index is -0.221. The minimum Gasteiger partial charge on any atom is -0.468 e. The van der Waals surface area contributed by atoms with Gasteiger partial charge in [0, 0.05) is 18.4 Å². The molecule has 3 atom stereocenters. The van der Waals surface area contributed by atoms with E-state index in [1.807, 2.05) is 6.92 Å². The van der Waals surface area contributed by atoms with Crippen molar-refractivity contribution in [3.8, 4) is 0 Å².